The number of rotatable bonds is 2. The van der Waals surface area contributed by atoms with Gasteiger partial charge in [-0.1, -0.05) is 18.2 Å². The summed E-state index contributed by atoms with van der Waals surface area (Å²) in [5.41, 5.74) is 1.89. The first kappa shape index (κ1) is 15.6. The molecule has 0 radical (unpaired) electrons. The summed E-state index contributed by atoms with van der Waals surface area (Å²) in [6, 6.07) is 12.6. The molecule has 4 nitrogen and oxygen atoms in total. The Hall–Kier alpha value is -2.96. The summed E-state index contributed by atoms with van der Waals surface area (Å²) >= 11 is 0. The molecule has 128 valence electrons. The van der Waals surface area contributed by atoms with Crippen molar-refractivity contribution in [1.82, 2.24) is 4.57 Å². The number of para-hydroxylation sites is 1. The van der Waals surface area contributed by atoms with Crippen LogP contribution in [0.15, 0.2) is 54.7 Å². The number of anilines is 1. The zero-order chi connectivity index (χ0) is 17.8. The lowest BCUT2D eigenvalue weighted by molar-refractivity contribution is -0.274. The van der Waals surface area contributed by atoms with Crippen molar-refractivity contribution in [2.45, 2.75) is 12.4 Å². The smallest absolute Gasteiger partial charge is 0.406 e. The molecule has 0 saturated carbocycles. The number of aromatic nitrogens is 1. The average molecular weight is 346 g/mol. The number of hydrogen-bond acceptors (Lipinski definition) is 2. The summed E-state index contributed by atoms with van der Waals surface area (Å²) in [5.74, 6) is -0.545. The maximum atomic E-state index is 12.7. The van der Waals surface area contributed by atoms with Crippen LogP contribution >= 0.6 is 0 Å². The van der Waals surface area contributed by atoms with Gasteiger partial charge in [-0.25, -0.2) is 0 Å². The predicted molar refractivity (Wildman–Crippen MR) is 86.6 cm³/mol. The molecule has 0 fully saturated rings. The van der Waals surface area contributed by atoms with E-state index in [1.807, 2.05) is 30.3 Å². The Morgan fingerprint density at radius 3 is 2.60 bits per heavy atom. The van der Waals surface area contributed by atoms with E-state index in [4.69, 9.17) is 0 Å². The van der Waals surface area contributed by atoms with Crippen LogP contribution in [0.1, 0.15) is 11.6 Å². The van der Waals surface area contributed by atoms with Gasteiger partial charge in [-0.05, 0) is 35.7 Å². The van der Waals surface area contributed by atoms with Crippen molar-refractivity contribution in [3.05, 3.63) is 60.3 Å². The number of nitrogens with zero attached hydrogens (tertiary/aromatic N) is 2. The minimum atomic E-state index is -4.78. The second kappa shape index (κ2) is 5.27. The highest BCUT2D eigenvalue weighted by molar-refractivity contribution is 6.05. The lowest BCUT2D eigenvalue weighted by Gasteiger charge is -2.15. The van der Waals surface area contributed by atoms with Crippen molar-refractivity contribution in [1.29, 1.82) is 0 Å². The van der Waals surface area contributed by atoms with Crippen molar-refractivity contribution in [2.24, 2.45) is 0 Å². The van der Waals surface area contributed by atoms with Crippen LogP contribution in [0.25, 0.3) is 10.9 Å². The number of carbonyl (C=O) groups is 1. The Morgan fingerprint density at radius 2 is 1.84 bits per heavy atom. The molecular formula is C18H13F3N2O2. The van der Waals surface area contributed by atoms with E-state index in [-0.39, 0.29) is 11.7 Å². The van der Waals surface area contributed by atoms with Crippen molar-refractivity contribution in [3.8, 4) is 5.75 Å². The summed E-state index contributed by atoms with van der Waals surface area (Å²) in [5, 5.41) is 0.953. The van der Waals surface area contributed by atoms with Gasteiger partial charge >= 0.3 is 6.36 Å². The quantitative estimate of drug-likeness (QED) is 0.700. The first-order chi connectivity index (χ1) is 11.8. The van der Waals surface area contributed by atoms with Crippen molar-refractivity contribution in [2.75, 3.05) is 11.9 Å². The van der Waals surface area contributed by atoms with Gasteiger partial charge in [0.25, 0.3) is 5.91 Å². The van der Waals surface area contributed by atoms with Gasteiger partial charge in [0.1, 0.15) is 11.8 Å². The van der Waals surface area contributed by atoms with Gasteiger partial charge in [0.15, 0.2) is 0 Å². The van der Waals surface area contributed by atoms with E-state index >= 15 is 0 Å². The van der Waals surface area contributed by atoms with Crippen LogP contribution in [0.2, 0.25) is 0 Å². The Labute approximate surface area is 141 Å². The van der Waals surface area contributed by atoms with Gasteiger partial charge in [0.05, 0.1) is 0 Å². The maximum absolute atomic E-state index is 12.7. The molecule has 2 aromatic carbocycles. The monoisotopic (exact) mass is 346 g/mol. The van der Waals surface area contributed by atoms with Crippen LogP contribution < -0.4 is 9.64 Å². The number of hydrogen-bond donors (Lipinski definition) is 0. The number of carbonyl (C=O) groups excluding carboxylic acids is 1. The molecule has 2 heterocycles. The highest BCUT2D eigenvalue weighted by atomic mass is 19.4. The van der Waals surface area contributed by atoms with E-state index in [1.165, 1.54) is 23.1 Å². The summed E-state index contributed by atoms with van der Waals surface area (Å²) in [6.07, 6.45) is -3.01. The molecule has 1 unspecified atom stereocenters. The molecule has 0 saturated heterocycles. The molecule has 7 heteroatoms. The molecule has 1 aliphatic heterocycles. The van der Waals surface area contributed by atoms with Gasteiger partial charge < -0.3 is 14.2 Å². The van der Waals surface area contributed by atoms with E-state index in [9.17, 15) is 18.0 Å². The molecule has 1 aliphatic rings. The Kier molecular flexibility index (Phi) is 3.28. The van der Waals surface area contributed by atoms with Crippen molar-refractivity contribution < 1.29 is 22.7 Å². The third-order valence-corrected chi connectivity index (χ3v) is 4.36. The van der Waals surface area contributed by atoms with Gasteiger partial charge in [-0.3, -0.25) is 4.79 Å². The third-order valence-electron chi connectivity index (χ3n) is 4.36. The van der Waals surface area contributed by atoms with Crippen LogP contribution in [0, 0.1) is 0 Å². The van der Waals surface area contributed by atoms with Crippen molar-refractivity contribution >= 4 is 22.5 Å². The van der Waals surface area contributed by atoms with E-state index < -0.39 is 12.4 Å². The second-order valence-corrected chi connectivity index (χ2v) is 5.85. The minimum Gasteiger partial charge on any atom is -0.406 e. The number of ether oxygens (including phenoxy) is 1. The molecule has 0 N–H and O–H groups in total. The normalized spacial score (nSPS) is 17.2. The van der Waals surface area contributed by atoms with E-state index in [0.717, 1.165) is 10.9 Å². The van der Waals surface area contributed by atoms with Gasteiger partial charge in [-0.15, -0.1) is 13.2 Å². The number of amides is 1. The minimum absolute atomic E-state index is 0.208. The van der Waals surface area contributed by atoms with Crippen LogP contribution in [0.4, 0.5) is 18.9 Å². The number of halogens is 3. The predicted octanol–water partition coefficient (Wildman–Crippen LogP) is 4.11. The molecular weight excluding hydrogens is 333 g/mol. The lowest BCUT2D eigenvalue weighted by Crippen LogP contribution is -2.27. The zero-order valence-electron chi connectivity index (χ0n) is 13.1. The average Bonchev–Trinajstić information content (AvgIpc) is 3.06. The number of fused-ring (bicyclic) bond motifs is 2. The molecule has 25 heavy (non-hydrogen) atoms. The van der Waals surface area contributed by atoms with Crippen LogP contribution in [-0.4, -0.2) is 23.9 Å². The maximum Gasteiger partial charge on any atom is 0.573 e. The van der Waals surface area contributed by atoms with Gasteiger partial charge in [0, 0.05) is 30.0 Å². The number of likely N-dealkylation sites (N-methyl/N-ethyl adjacent to an activating group) is 1. The van der Waals surface area contributed by atoms with Gasteiger partial charge in [0.2, 0.25) is 0 Å². The van der Waals surface area contributed by atoms with E-state index in [0.29, 0.717) is 11.3 Å². The first-order valence-electron chi connectivity index (χ1n) is 7.58. The molecule has 0 spiro atoms. The molecule has 1 atom stereocenters. The summed E-state index contributed by atoms with van der Waals surface area (Å²) in [4.78, 5) is 14.2. The molecule has 1 aromatic heterocycles. The molecule has 1 amide bonds. The highest BCUT2D eigenvalue weighted by Crippen LogP contribution is 2.41. The van der Waals surface area contributed by atoms with E-state index in [2.05, 4.69) is 4.74 Å². The van der Waals surface area contributed by atoms with Crippen LogP contribution in [0.5, 0.6) is 5.75 Å². The number of alkyl halides is 3. The fourth-order valence-electron chi connectivity index (χ4n) is 3.29. The summed E-state index contributed by atoms with van der Waals surface area (Å²) in [6.45, 7) is 0. The molecule has 4 rings (SSSR count). The Bertz CT molecular complexity index is 978. The third kappa shape index (κ3) is 2.52. The van der Waals surface area contributed by atoms with Crippen LogP contribution in [0.3, 0.4) is 0 Å². The Balaban J connectivity index is 1.85. The first-order valence-corrected chi connectivity index (χ1v) is 7.58. The lowest BCUT2D eigenvalue weighted by atomic mass is 10.1. The summed E-state index contributed by atoms with van der Waals surface area (Å²) < 4.78 is 43.3. The van der Waals surface area contributed by atoms with Crippen molar-refractivity contribution in [3.63, 3.8) is 0 Å². The molecule has 3 aromatic rings. The molecule has 0 bridgehead atoms. The standard InChI is InChI=1S/C18H13F3N2O2/c1-22-15-7-6-12(25-18(19,20)21)10-13(15)16(17(22)24)23-9-8-11-4-2-3-5-14(11)23/h2-10,16H,1H3. The fourth-order valence-corrected chi connectivity index (χ4v) is 3.29. The zero-order valence-corrected chi connectivity index (χ0v) is 13.1. The number of benzene rings is 2. The summed E-state index contributed by atoms with van der Waals surface area (Å²) in [7, 11) is 1.61. The SMILES string of the molecule is CN1C(=O)C(n2ccc3ccccc32)c2cc(OC(F)(F)F)ccc21. The van der Waals surface area contributed by atoms with Gasteiger partial charge in [-0.2, -0.15) is 0 Å². The Morgan fingerprint density at radius 1 is 1.08 bits per heavy atom. The molecule has 0 aliphatic carbocycles. The highest BCUT2D eigenvalue weighted by Gasteiger charge is 2.38. The largest absolute Gasteiger partial charge is 0.573 e. The second-order valence-electron chi connectivity index (χ2n) is 5.85. The van der Waals surface area contributed by atoms with E-state index in [1.54, 1.807) is 17.8 Å². The fraction of sp³-hybridized carbons (Fsp3) is 0.167. The van der Waals surface area contributed by atoms with Crippen LogP contribution in [-0.2, 0) is 4.79 Å². The topological polar surface area (TPSA) is 34.5 Å².